The number of carbonyl (C=O) groups is 1. The van der Waals surface area contributed by atoms with E-state index in [0.717, 1.165) is 38.9 Å². The van der Waals surface area contributed by atoms with E-state index in [-0.39, 0.29) is 11.6 Å². The van der Waals surface area contributed by atoms with E-state index in [9.17, 15) is 9.18 Å². The molecule has 0 saturated carbocycles. The Morgan fingerprint density at radius 1 is 0.957 bits per heavy atom. The van der Waals surface area contributed by atoms with Crippen molar-refractivity contribution in [2.75, 3.05) is 19.6 Å². The Bertz CT molecular complexity index is 639. The molecule has 0 amide bonds. The number of fused-ring (bicyclic) bond motifs is 1. The molecular weight excluding hydrogens is 289 g/mol. The van der Waals surface area contributed by atoms with Gasteiger partial charge in [0.25, 0.3) is 0 Å². The highest BCUT2D eigenvalue weighted by molar-refractivity contribution is 5.95. The molecule has 3 heteroatoms. The van der Waals surface area contributed by atoms with Crippen LogP contribution in [-0.2, 0) is 12.8 Å². The molecule has 2 aromatic carbocycles. The molecule has 1 N–H and O–H groups in total. The second kappa shape index (κ2) is 7.51. The lowest BCUT2D eigenvalue weighted by Crippen LogP contribution is -3.12. The molecule has 23 heavy (non-hydrogen) atoms. The van der Waals surface area contributed by atoms with Crippen molar-refractivity contribution in [3.63, 3.8) is 0 Å². The molecule has 2 aromatic rings. The van der Waals surface area contributed by atoms with Crippen molar-refractivity contribution < 1.29 is 14.1 Å². The van der Waals surface area contributed by atoms with Crippen molar-refractivity contribution >= 4 is 5.78 Å². The van der Waals surface area contributed by atoms with Crippen LogP contribution < -0.4 is 4.90 Å². The van der Waals surface area contributed by atoms with Gasteiger partial charge in [0.15, 0.2) is 5.78 Å². The van der Waals surface area contributed by atoms with Crippen LogP contribution in [0.15, 0.2) is 48.5 Å². The lowest BCUT2D eigenvalue weighted by atomic mass is 10.0. The topological polar surface area (TPSA) is 21.5 Å². The summed E-state index contributed by atoms with van der Waals surface area (Å²) in [7, 11) is 0. The van der Waals surface area contributed by atoms with Crippen molar-refractivity contribution in [1.82, 2.24) is 0 Å². The first-order chi connectivity index (χ1) is 11.2. The van der Waals surface area contributed by atoms with Crippen molar-refractivity contribution in [3.8, 4) is 0 Å². The molecule has 3 rings (SSSR count). The van der Waals surface area contributed by atoms with Gasteiger partial charge in [0.2, 0.25) is 0 Å². The Hall–Kier alpha value is -2.00. The third kappa shape index (κ3) is 4.26. The summed E-state index contributed by atoms with van der Waals surface area (Å²) in [4.78, 5) is 13.7. The summed E-state index contributed by atoms with van der Waals surface area (Å²) in [6, 6.07) is 14.6. The quantitative estimate of drug-likeness (QED) is 0.842. The minimum atomic E-state index is -0.296. The molecule has 2 nitrogen and oxygen atoms in total. The molecule has 0 aliphatic carbocycles. The fourth-order valence-electron chi connectivity index (χ4n) is 3.32. The largest absolute Gasteiger partial charge is 0.334 e. The van der Waals surface area contributed by atoms with E-state index in [1.54, 1.807) is 17.0 Å². The summed E-state index contributed by atoms with van der Waals surface area (Å²) in [5.41, 5.74) is 3.57. The Morgan fingerprint density at radius 3 is 2.17 bits per heavy atom. The predicted molar refractivity (Wildman–Crippen MR) is 89.4 cm³/mol. The van der Waals surface area contributed by atoms with Crippen molar-refractivity contribution in [2.45, 2.75) is 25.7 Å². The highest BCUT2D eigenvalue weighted by Crippen LogP contribution is 2.11. The van der Waals surface area contributed by atoms with E-state index in [0.29, 0.717) is 12.0 Å². The molecule has 0 spiro atoms. The highest BCUT2D eigenvalue weighted by Gasteiger charge is 2.16. The van der Waals surface area contributed by atoms with Crippen LogP contribution in [0.2, 0.25) is 0 Å². The zero-order valence-corrected chi connectivity index (χ0v) is 13.4. The van der Waals surface area contributed by atoms with Gasteiger partial charge in [0.05, 0.1) is 19.6 Å². The van der Waals surface area contributed by atoms with Crippen molar-refractivity contribution in [2.24, 2.45) is 0 Å². The summed E-state index contributed by atoms with van der Waals surface area (Å²) in [6.07, 6.45) is 3.68. The number of hydrogen-bond donors (Lipinski definition) is 1. The number of rotatable bonds is 5. The van der Waals surface area contributed by atoms with Gasteiger partial charge in [-0.15, -0.1) is 0 Å². The fraction of sp³-hybridized carbons (Fsp3) is 0.350. The van der Waals surface area contributed by atoms with Gasteiger partial charge in [-0.1, -0.05) is 24.3 Å². The van der Waals surface area contributed by atoms with Crippen LogP contribution in [0.5, 0.6) is 0 Å². The Kier molecular flexibility index (Phi) is 5.19. The number of hydrogen-bond acceptors (Lipinski definition) is 1. The van der Waals surface area contributed by atoms with Gasteiger partial charge in [-0.2, -0.15) is 0 Å². The number of halogens is 1. The SMILES string of the molecule is O=C(CCC[NH+]1CCc2ccccc2CC1)c1ccc(F)cc1. The van der Waals surface area contributed by atoms with Crippen LogP contribution in [0, 0.1) is 5.82 Å². The second-order valence-corrected chi connectivity index (χ2v) is 6.30. The molecule has 1 aliphatic rings. The lowest BCUT2D eigenvalue weighted by molar-refractivity contribution is -0.899. The van der Waals surface area contributed by atoms with Gasteiger partial charge in [-0.3, -0.25) is 4.79 Å². The molecule has 0 bridgehead atoms. The number of ketones is 1. The van der Waals surface area contributed by atoms with Gasteiger partial charge < -0.3 is 4.90 Å². The van der Waals surface area contributed by atoms with Crippen LogP contribution >= 0.6 is 0 Å². The Labute approximate surface area is 136 Å². The van der Waals surface area contributed by atoms with E-state index in [4.69, 9.17) is 0 Å². The van der Waals surface area contributed by atoms with Gasteiger partial charge in [0, 0.05) is 31.2 Å². The summed E-state index contributed by atoms with van der Waals surface area (Å²) < 4.78 is 12.9. The second-order valence-electron chi connectivity index (χ2n) is 6.30. The molecule has 0 fully saturated rings. The zero-order valence-electron chi connectivity index (χ0n) is 13.4. The fourth-order valence-corrected chi connectivity index (χ4v) is 3.32. The van der Waals surface area contributed by atoms with Gasteiger partial charge in [-0.25, -0.2) is 4.39 Å². The van der Waals surface area contributed by atoms with Crippen LogP contribution in [-0.4, -0.2) is 25.4 Å². The molecular formula is C20H23FNO+. The van der Waals surface area contributed by atoms with Crippen molar-refractivity contribution in [3.05, 3.63) is 71.0 Å². The third-order valence-corrected chi connectivity index (χ3v) is 4.71. The maximum absolute atomic E-state index is 12.9. The van der Waals surface area contributed by atoms with Crippen LogP contribution in [0.4, 0.5) is 4.39 Å². The summed E-state index contributed by atoms with van der Waals surface area (Å²) in [6.45, 7) is 3.31. The van der Waals surface area contributed by atoms with E-state index in [1.807, 2.05) is 0 Å². The average Bonchev–Trinajstić information content (AvgIpc) is 2.78. The predicted octanol–water partition coefficient (Wildman–Crippen LogP) is 2.47. The number of Topliss-reactive ketones (excluding diaryl/α,β-unsaturated/α-hetero) is 1. The van der Waals surface area contributed by atoms with E-state index in [2.05, 4.69) is 24.3 Å². The smallest absolute Gasteiger partial charge is 0.163 e. The number of carbonyl (C=O) groups excluding carboxylic acids is 1. The molecule has 0 unspecified atom stereocenters. The summed E-state index contributed by atoms with van der Waals surface area (Å²) in [5, 5.41) is 0. The number of nitrogens with one attached hydrogen (secondary N) is 1. The highest BCUT2D eigenvalue weighted by atomic mass is 19.1. The first-order valence-corrected chi connectivity index (χ1v) is 8.41. The van der Waals surface area contributed by atoms with Gasteiger partial charge in [-0.05, 0) is 35.4 Å². The monoisotopic (exact) mass is 312 g/mol. The maximum atomic E-state index is 12.9. The van der Waals surface area contributed by atoms with E-state index >= 15 is 0 Å². The molecule has 1 aliphatic heterocycles. The molecule has 0 atom stereocenters. The minimum absolute atomic E-state index is 0.113. The standard InChI is InChI=1S/C20H22FNO/c21-19-9-7-18(8-10-19)20(23)6-3-13-22-14-11-16-4-1-2-5-17(16)12-15-22/h1-2,4-5,7-10H,3,6,11-15H2/p+1. The van der Waals surface area contributed by atoms with Crippen LogP contribution in [0.25, 0.3) is 0 Å². The van der Waals surface area contributed by atoms with Gasteiger partial charge in [0.1, 0.15) is 5.82 Å². The van der Waals surface area contributed by atoms with E-state index in [1.165, 1.54) is 23.3 Å². The molecule has 0 aromatic heterocycles. The first-order valence-electron chi connectivity index (χ1n) is 8.41. The zero-order chi connectivity index (χ0) is 16.1. The van der Waals surface area contributed by atoms with Crippen LogP contribution in [0.3, 0.4) is 0 Å². The normalized spacial score (nSPS) is 15.0. The lowest BCUT2D eigenvalue weighted by Gasteiger charge is -2.16. The van der Waals surface area contributed by atoms with Crippen LogP contribution in [0.1, 0.15) is 34.3 Å². The third-order valence-electron chi connectivity index (χ3n) is 4.71. The molecule has 0 radical (unpaired) electrons. The molecule has 1 heterocycles. The Morgan fingerprint density at radius 2 is 1.57 bits per heavy atom. The number of quaternary nitrogens is 1. The van der Waals surface area contributed by atoms with Crippen molar-refractivity contribution in [1.29, 1.82) is 0 Å². The minimum Gasteiger partial charge on any atom is -0.334 e. The molecule has 120 valence electrons. The first kappa shape index (κ1) is 15.9. The Balaban J connectivity index is 1.46. The number of benzene rings is 2. The van der Waals surface area contributed by atoms with Gasteiger partial charge >= 0.3 is 0 Å². The maximum Gasteiger partial charge on any atom is 0.163 e. The summed E-state index contributed by atoms with van der Waals surface area (Å²) in [5.74, 6) is -0.183. The summed E-state index contributed by atoms with van der Waals surface area (Å²) >= 11 is 0. The molecule has 0 saturated heterocycles. The average molecular weight is 312 g/mol. The van der Waals surface area contributed by atoms with E-state index < -0.39 is 0 Å².